The van der Waals surface area contributed by atoms with Crippen LogP contribution in [0.1, 0.15) is 42.7 Å². The van der Waals surface area contributed by atoms with E-state index in [0.29, 0.717) is 5.92 Å². The summed E-state index contributed by atoms with van der Waals surface area (Å²) in [6, 6.07) is 8.79. The first kappa shape index (κ1) is 18.5. The Balaban J connectivity index is 1.41. The molecule has 1 atom stereocenters. The summed E-state index contributed by atoms with van der Waals surface area (Å²) in [7, 11) is 3.88. The number of halogens is 1. The molecule has 6 heteroatoms. The van der Waals surface area contributed by atoms with Gasteiger partial charge in [0.15, 0.2) is 5.96 Å². The summed E-state index contributed by atoms with van der Waals surface area (Å²) in [6.07, 6.45) is 9.09. The molecule has 1 unspecified atom stereocenters. The van der Waals surface area contributed by atoms with E-state index in [0.717, 1.165) is 36.5 Å². The highest BCUT2D eigenvalue weighted by Gasteiger charge is 2.39. The maximum atomic E-state index is 4.58. The lowest BCUT2D eigenvalue weighted by Gasteiger charge is -2.43. The Morgan fingerprint density at radius 1 is 1.41 bits per heavy atom. The highest BCUT2D eigenvalue weighted by Crippen LogP contribution is 2.43. The largest absolute Gasteiger partial charge is 0.355 e. The number of benzene rings is 1. The zero-order valence-corrected chi connectivity index (χ0v) is 17.7. The van der Waals surface area contributed by atoms with Crippen LogP contribution >= 0.6 is 15.9 Å². The Labute approximate surface area is 170 Å². The van der Waals surface area contributed by atoms with Crippen molar-refractivity contribution >= 4 is 21.9 Å². The van der Waals surface area contributed by atoms with Crippen LogP contribution in [0.5, 0.6) is 0 Å². The van der Waals surface area contributed by atoms with E-state index in [-0.39, 0.29) is 5.41 Å². The van der Waals surface area contributed by atoms with Gasteiger partial charge in [-0.2, -0.15) is 5.10 Å². The molecular formula is C21H28BrN5. The van der Waals surface area contributed by atoms with Crippen molar-refractivity contribution in [2.45, 2.75) is 37.0 Å². The van der Waals surface area contributed by atoms with Crippen molar-refractivity contribution in [1.82, 2.24) is 20.0 Å². The van der Waals surface area contributed by atoms with Crippen molar-refractivity contribution < 1.29 is 0 Å². The summed E-state index contributed by atoms with van der Waals surface area (Å²) in [4.78, 5) is 6.97. The van der Waals surface area contributed by atoms with E-state index in [4.69, 9.17) is 0 Å². The van der Waals surface area contributed by atoms with E-state index in [2.05, 4.69) is 66.7 Å². The van der Waals surface area contributed by atoms with Crippen LogP contribution in [0.3, 0.4) is 0 Å². The topological polar surface area (TPSA) is 45.5 Å². The smallest absolute Gasteiger partial charge is 0.193 e. The number of likely N-dealkylation sites (tertiary alicyclic amines) is 1. The SMILES string of the molecule is CN=C(NCC1(c2cccc(Br)c2)CCC1)N1CCC(c2cnn(C)c2)C1. The van der Waals surface area contributed by atoms with Crippen molar-refractivity contribution in [3.63, 3.8) is 0 Å². The molecule has 2 aromatic rings. The zero-order valence-electron chi connectivity index (χ0n) is 16.2. The Bertz CT molecular complexity index is 823. The second-order valence-electron chi connectivity index (χ2n) is 7.92. The van der Waals surface area contributed by atoms with Gasteiger partial charge in [-0.25, -0.2) is 0 Å². The molecule has 4 rings (SSSR count). The number of guanidine groups is 1. The molecule has 2 aliphatic rings. The Morgan fingerprint density at radius 3 is 2.89 bits per heavy atom. The van der Waals surface area contributed by atoms with Crippen LogP contribution in [0.15, 0.2) is 46.1 Å². The predicted octanol–water partition coefficient (Wildman–Crippen LogP) is 3.67. The lowest BCUT2D eigenvalue weighted by molar-refractivity contribution is 0.241. The summed E-state index contributed by atoms with van der Waals surface area (Å²) in [6.45, 7) is 3.00. The van der Waals surface area contributed by atoms with Crippen LogP contribution in [0, 0.1) is 0 Å². The quantitative estimate of drug-likeness (QED) is 0.595. The summed E-state index contributed by atoms with van der Waals surface area (Å²) in [5, 5.41) is 8.02. The molecule has 1 aliphatic heterocycles. The molecule has 1 aromatic carbocycles. The van der Waals surface area contributed by atoms with Gasteiger partial charge in [0, 0.05) is 55.7 Å². The van der Waals surface area contributed by atoms with Crippen LogP contribution in [0.2, 0.25) is 0 Å². The average Bonchev–Trinajstić information content (AvgIpc) is 3.26. The molecule has 1 N–H and O–H groups in total. The van der Waals surface area contributed by atoms with Crippen molar-refractivity contribution in [2.24, 2.45) is 12.0 Å². The van der Waals surface area contributed by atoms with Gasteiger partial charge in [-0.3, -0.25) is 9.67 Å². The average molecular weight is 430 g/mol. The molecule has 0 radical (unpaired) electrons. The van der Waals surface area contributed by atoms with Gasteiger partial charge in [0.25, 0.3) is 0 Å². The number of aryl methyl sites for hydroxylation is 1. The van der Waals surface area contributed by atoms with E-state index < -0.39 is 0 Å². The monoisotopic (exact) mass is 429 g/mol. The molecule has 2 heterocycles. The molecule has 0 bridgehead atoms. The summed E-state index contributed by atoms with van der Waals surface area (Å²) in [5.74, 6) is 1.57. The number of hydrogen-bond acceptors (Lipinski definition) is 2. The molecule has 27 heavy (non-hydrogen) atoms. The minimum Gasteiger partial charge on any atom is -0.355 e. The molecule has 144 valence electrons. The normalized spacial score (nSPS) is 22.0. The van der Waals surface area contributed by atoms with Crippen molar-refractivity contribution in [3.05, 3.63) is 52.3 Å². The van der Waals surface area contributed by atoms with Crippen LogP contribution in [0.25, 0.3) is 0 Å². The molecule has 1 aromatic heterocycles. The third kappa shape index (κ3) is 3.77. The van der Waals surface area contributed by atoms with Crippen LogP contribution in [-0.2, 0) is 12.5 Å². The van der Waals surface area contributed by atoms with Gasteiger partial charge < -0.3 is 10.2 Å². The number of nitrogens with zero attached hydrogens (tertiary/aromatic N) is 4. The lowest BCUT2D eigenvalue weighted by Crippen LogP contribution is -2.49. The summed E-state index contributed by atoms with van der Waals surface area (Å²) >= 11 is 3.63. The number of hydrogen-bond donors (Lipinski definition) is 1. The van der Waals surface area contributed by atoms with E-state index >= 15 is 0 Å². The van der Waals surface area contributed by atoms with Crippen LogP contribution < -0.4 is 5.32 Å². The van der Waals surface area contributed by atoms with Crippen molar-refractivity contribution in [1.29, 1.82) is 0 Å². The van der Waals surface area contributed by atoms with Gasteiger partial charge in [-0.1, -0.05) is 34.5 Å². The fraction of sp³-hybridized carbons (Fsp3) is 0.524. The standard InChI is InChI=1S/C21H28BrN5/c1-23-20(27-10-7-16(14-27)17-12-25-26(2)13-17)24-15-21(8-4-9-21)18-5-3-6-19(22)11-18/h3,5-6,11-13,16H,4,7-10,14-15H2,1-2H3,(H,23,24). The second-order valence-corrected chi connectivity index (χ2v) is 8.84. The van der Waals surface area contributed by atoms with Gasteiger partial charge in [0.1, 0.15) is 0 Å². The third-order valence-corrected chi connectivity index (χ3v) is 6.72. The summed E-state index contributed by atoms with van der Waals surface area (Å²) in [5.41, 5.74) is 3.00. The molecule has 1 saturated heterocycles. The number of rotatable bonds is 4. The highest BCUT2D eigenvalue weighted by atomic mass is 79.9. The first-order valence-corrected chi connectivity index (χ1v) is 10.6. The predicted molar refractivity (Wildman–Crippen MR) is 113 cm³/mol. The van der Waals surface area contributed by atoms with Crippen molar-refractivity contribution in [2.75, 3.05) is 26.7 Å². The maximum Gasteiger partial charge on any atom is 0.193 e. The Kier molecular flexibility index (Phi) is 5.26. The number of aromatic nitrogens is 2. The van der Waals surface area contributed by atoms with E-state index in [1.165, 1.54) is 30.4 Å². The third-order valence-electron chi connectivity index (χ3n) is 6.23. The van der Waals surface area contributed by atoms with Crippen molar-refractivity contribution in [3.8, 4) is 0 Å². The minimum atomic E-state index is 0.238. The number of aliphatic imine (C=N–C) groups is 1. The van der Waals surface area contributed by atoms with E-state index in [9.17, 15) is 0 Å². The molecule has 2 fully saturated rings. The van der Waals surface area contributed by atoms with Crippen LogP contribution in [0.4, 0.5) is 0 Å². The Hall–Kier alpha value is -1.82. The second kappa shape index (κ2) is 7.66. The Morgan fingerprint density at radius 2 is 2.26 bits per heavy atom. The molecule has 5 nitrogen and oxygen atoms in total. The minimum absolute atomic E-state index is 0.238. The molecule has 1 saturated carbocycles. The van der Waals surface area contributed by atoms with Crippen LogP contribution in [-0.4, -0.2) is 47.3 Å². The fourth-order valence-corrected chi connectivity index (χ4v) is 4.84. The fourth-order valence-electron chi connectivity index (χ4n) is 4.45. The van der Waals surface area contributed by atoms with E-state index in [1.807, 2.05) is 25.0 Å². The van der Waals surface area contributed by atoms with Gasteiger partial charge in [-0.15, -0.1) is 0 Å². The lowest BCUT2D eigenvalue weighted by atomic mass is 9.64. The molecule has 0 spiro atoms. The highest BCUT2D eigenvalue weighted by molar-refractivity contribution is 9.10. The number of nitrogens with one attached hydrogen (secondary N) is 1. The first-order valence-electron chi connectivity index (χ1n) is 9.80. The van der Waals surface area contributed by atoms with Gasteiger partial charge >= 0.3 is 0 Å². The maximum absolute atomic E-state index is 4.58. The molecule has 1 aliphatic carbocycles. The van der Waals surface area contributed by atoms with E-state index in [1.54, 1.807) is 0 Å². The van der Waals surface area contributed by atoms with Gasteiger partial charge in [0.2, 0.25) is 0 Å². The summed E-state index contributed by atoms with van der Waals surface area (Å²) < 4.78 is 3.05. The first-order chi connectivity index (χ1) is 13.1. The van der Waals surface area contributed by atoms with Gasteiger partial charge in [0.05, 0.1) is 6.20 Å². The zero-order chi connectivity index (χ0) is 18.9. The molecule has 0 amide bonds. The van der Waals surface area contributed by atoms with Gasteiger partial charge in [-0.05, 0) is 42.5 Å². The molecular weight excluding hydrogens is 402 g/mol.